The van der Waals surface area contributed by atoms with Gasteiger partial charge in [0.15, 0.2) is 0 Å². The fourth-order valence-corrected chi connectivity index (χ4v) is 19.5. The Morgan fingerprint density at radius 3 is 1.81 bits per heavy atom. The number of hydrogen-bond acceptors (Lipinski definition) is 3. The van der Waals surface area contributed by atoms with Crippen LogP contribution >= 0.6 is 7.14 Å². The van der Waals surface area contributed by atoms with Gasteiger partial charge in [0.2, 0.25) is 0 Å². The van der Waals surface area contributed by atoms with E-state index in [2.05, 4.69) is 77.3 Å². The zero-order chi connectivity index (χ0) is 34.0. The van der Waals surface area contributed by atoms with Crippen molar-refractivity contribution in [1.29, 1.82) is 0 Å². The van der Waals surface area contributed by atoms with Gasteiger partial charge in [-0.05, 0) is 142 Å². The first-order valence-corrected chi connectivity index (χ1v) is 21.4. The van der Waals surface area contributed by atoms with Gasteiger partial charge < -0.3 is 18.5 Å². The van der Waals surface area contributed by atoms with Crippen molar-refractivity contribution in [3.8, 4) is 11.3 Å². The largest absolute Gasteiger partial charge is 0.498 e. The number of benzene rings is 3. The number of hydrogen-bond donors (Lipinski definition) is 0. The van der Waals surface area contributed by atoms with Gasteiger partial charge in [-0.25, -0.2) is 0 Å². The van der Waals surface area contributed by atoms with Crippen LogP contribution in [0.2, 0.25) is 0 Å². The number of furan rings is 1. The molecular weight excluding hydrogens is 836 g/mol. The van der Waals surface area contributed by atoms with Crippen LogP contribution in [0.3, 0.4) is 0 Å². The summed E-state index contributed by atoms with van der Waals surface area (Å²) in [5.74, 6) is 5.23. The van der Waals surface area contributed by atoms with E-state index in [4.69, 9.17) is 4.42 Å². The Balaban J connectivity index is 0.000000130. The Bertz CT molecular complexity index is 2220. The summed E-state index contributed by atoms with van der Waals surface area (Å²) >= 11 is 0. The molecular formula is C46H47IrN2O2P-2. The van der Waals surface area contributed by atoms with E-state index in [0.717, 1.165) is 74.2 Å². The summed E-state index contributed by atoms with van der Waals surface area (Å²) in [6.45, 7) is 0. The minimum Gasteiger partial charge on any atom is -0.498 e. The molecule has 269 valence electrons. The molecule has 8 bridgehead atoms. The van der Waals surface area contributed by atoms with Gasteiger partial charge in [-0.3, -0.25) is 0 Å². The molecule has 3 aromatic heterocycles. The Kier molecular flexibility index (Phi) is 7.93. The molecule has 14 rings (SSSR count). The van der Waals surface area contributed by atoms with Gasteiger partial charge in [-0.15, -0.1) is 23.5 Å². The summed E-state index contributed by atoms with van der Waals surface area (Å²) < 4.78 is 24.4. The van der Waals surface area contributed by atoms with Gasteiger partial charge in [0.1, 0.15) is 12.7 Å². The van der Waals surface area contributed by atoms with Crippen LogP contribution in [0.5, 0.6) is 0 Å². The van der Waals surface area contributed by atoms with Crippen LogP contribution in [0.25, 0.3) is 44.2 Å². The minimum atomic E-state index is -2.53. The summed E-state index contributed by atoms with van der Waals surface area (Å²) in [5.41, 5.74) is 5.85. The fraction of sp³-hybridized carbons (Fsp3) is 0.457. The maximum atomic E-state index is 15.9. The van der Waals surface area contributed by atoms with Gasteiger partial charge in [-0.2, -0.15) is 30.3 Å². The zero-order valence-corrected chi connectivity index (χ0v) is 33.3. The normalized spacial score (nSPS) is 33.6. The molecule has 0 atom stereocenters. The van der Waals surface area contributed by atoms with Crippen molar-refractivity contribution in [3.05, 3.63) is 97.2 Å². The first kappa shape index (κ1) is 33.6. The van der Waals surface area contributed by atoms with E-state index in [1.54, 1.807) is 6.20 Å². The SMILES string of the molecule is Cn1c2ccccc2c2oc3c(-c4ccccn4)[c-]ccc3c21.O=P(c1[c-]cccc1)(C12CC3CC(CC(C3)C1)C2)C12CC3CC(CC(C3)C1)C2.[Ir]. The van der Waals surface area contributed by atoms with E-state index in [9.17, 15) is 0 Å². The average molecular weight is 883 g/mol. The molecule has 0 amide bonds. The molecule has 3 heterocycles. The van der Waals surface area contributed by atoms with Gasteiger partial charge in [0.05, 0.1) is 16.6 Å². The van der Waals surface area contributed by atoms with Crippen molar-refractivity contribution in [2.75, 3.05) is 0 Å². The van der Waals surface area contributed by atoms with Crippen LogP contribution in [0.15, 0.2) is 89.5 Å². The maximum Gasteiger partial charge on any atom is 0.146 e. The minimum absolute atomic E-state index is 0. The molecule has 0 spiro atoms. The van der Waals surface area contributed by atoms with E-state index in [1.165, 1.54) is 87.9 Å². The number of pyridine rings is 1. The van der Waals surface area contributed by atoms with Gasteiger partial charge in [0.25, 0.3) is 0 Å². The van der Waals surface area contributed by atoms with Crippen LogP contribution in [0.1, 0.15) is 77.0 Å². The maximum absolute atomic E-state index is 15.9. The fourth-order valence-electron chi connectivity index (χ4n) is 13.8. The Morgan fingerprint density at radius 1 is 0.673 bits per heavy atom. The molecule has 8 aliphatic rings. The molecule has 52 heavy (non-hydrogen) atoms. The summed E-state index contributed by atoms with van der Waals surface area (Å²) in [6.07, 6.45) is 18.1. The second-order valence-electron chi connectivity index (χ2n) is 17.8. The number of fused-ring (bicyclic) bond motifs is 5. The molecule has 8 aliphatic carbocycles. The molecule has 8 saturated carbocycles. The van der Waals surface area contributed by atoms with E-state index >= 15 is 4.57 Å². The molecule has 8 fully saturated rings. The van der Waals surface area contributed by atoms with Gasteiger partial charge in [-0.1, -0.05) is 29.8 Å². The van der Waals surface area contributed by atoms with Crippen molar-refractivity contribution < 1.29 is 29.1 Å². The topological polar surface area (TPSA) is 48.0 Å². The van der Waals surface area contributed by atoms with Crippen LogP contribution in [0.4, 0.5) is 0 Å². The first-order chi connectivity index (χ1) is 24.9. The van der Waals surface area contributed by atoms with Crippen LogP contribution in [0, 0.1) is 47.6 Å². The van der Waals surface area contributed by atoms with Crippen molar-refractivity contribution in [2.45, 2.75) is 87.4 Å². The summed E-state index contributed by atoms with van der Waals surface area (Å²) in [5, 5.41) is 3.65. The molecule has 1 radical (unpaired) electrons. The molecule has 3 aromatic carbocycles. The second-order valence-corrected chi connectivity index (χ2v) is 21.4. The quantitative estimate of drug-likeness (QED) is 0.131. The van der Waals surface area contributed by atoms with Crippen molar-refractivity contribution >= 4 is 45.4 Å². The molecule has 0 saturated heterocycles. The molecule has 6 heteroatoms. The molecule has 0 aliphatic heterocycles. The van der Waals surface area contributed by atoms with Gasteiger partial charge in [0, 0.05) is 49.0 Å². The van der Waals surface area contributed by atoms with E-state index in [-0.39, 0.29) is 30.4 Å². The van der Waals surface area contributed by atoms with Crippen LogP contribution < -0.4 is 5.30 Å². The summed E-state index contributed by atoms with van der Waals surface area (Å²) in [6, 6.07) is 33.6. The molecule has 4 nitrogen and oxygen atoms in total. The number of aryl methyl sites for hydroxylation is 1. The first-order valence-electron chi connectivity index (χ1n) is 19.7. The number of rotatable bonds is 4. The smallest absolute Gasteiger partial charge is 0.146 e. The number of nitrogens with zero attached hydrogens (tertiary/aromatic N) is 2. The summed E-state index contributed by atoms with van der Waals surface area (Å²) in [4.78, 5) is 4.44. The van der Waals surface area contributed by atoms with Crippen LogP contribution in [-0.4, -0.2) is 19.9 Å². The Morgan fingerprint density at radius 2 is 1.25 bits per heavy atom. The predicted octanol–water partition coefficient (Wildman–Crippen LogP) is 11.4. The molecule has 0 unspecified atom stereocenters. The van der Waals surface area contributed by atoms with Crippen molar-refractivity contribution in [1.82, 2.24) is 9.55 Å². The van der Waals surface area contributed by atoms with E-state index in [1.807, 2.05) is 30.3 Å². The third-order valence-corrected chi connectivity index (χ3v) is 19.5. The van der Waals surface area contributed by atoms with Crippen molar-refractivity contribution in [3.63, 3.8) is 0 Å². The summed E-state index contributed by atoms with van der Waals surface area (Å²) in [7, 11) is -0.446. The Hall–Kier alpha value is -2.97. The predicted molar refractivity (Wildman–Crippen MR) is 207 cm³/mol. The average Bonchev–Trinajstić information content (AvgIpc) is 3.66. The zero-order valence-electron chi connectivity index (χ0n) is 30.0. The molecule has 0 N–H and O–H groups in total. The van der Waals surface area contributed by atoms with E-state index in [0.29, 0.717) is 0 Å². The standard InChI is InChI=1S/C26H34OP.C20H13N2O.Ir/c27-28(24-4-2-1-3-5-24,25-12-18-6-19(13-25)8-20(7-18)14-25)26-15-21-9-22(16-26)11-23(10-21)17-26;1-22-17-11-3-2-7-14(17)20-18(22)15-9-6-8-13(19(15)23-20)16-10-4-5-12-21-16;/h1-4,18-23H,6-17H2;2-7,9-12H,1H3;/q2*-1;. The third kappa shape index (κ3) is 4.80. The number of aromatic nitrogens is 2. The third-order valence-electron chi connectivity index (χ3n) is 14.8. The monoisotopic (exact) mass is 883 g/mol. The Labute approximate surface area is 320 Å². The van der Waals surface area contributed by atoms with E-state index < -0.39 is 7.14 Å². The molecule has 6 aromatic rings. The van der Waals surface area contributed by atoms with Gasteiger partial charge >= 0.3 is 0 Å². The van der Waals surface area contributed by atoms with Crippen molar-refractivity contribution in [2.24, 2.45) is 42.6 Å². The number of para-hydroxylation sites is 1. The van der Waals surface area contributed by atoms with Crippen LogP contribution in [-0.2, 0) is 31.7 Å². The second kappa shape index (κ2) is 12.3.